The summed E-state index contributed by atoms with van der Waals surface area (Å²) in [6, 6.07) is 14.4. The monoisotopic (exact) mass is 372 g/mol. The Morgan fingerprint density at radius 2 is 1.73 bits per heavy atom. The van der Waals surface area contributed by atoms with E-state index in [4.69, 9.17) is 4.74 Å². The molecule has 5 nitrogen and oxygen atoms in total. The Hall–Kier alpha value is -2.47. The van der Waals surface area contributed by atoms with Crippen LogP contribution in [0.4, 0.5) is 5.69 Å². The third-order valence-corrected chi connectivity index (χ3v) is 4.41. The highest BCUT2D eigenvalue weighted by atomic mass is 32.2. The molecule has 0 radical (unpaired) electrons. The minimum atomic E-state index is -0.294. The van der Waals surface area contributed by atoms with Gasteiger partial charge in [-0.2, -0.15) is 0 Å². The van der Waals surface area contributed by atoms with E-state index in [9.17, 15) is 9.59 Å². The summed E-state index contributed by atoms with van der Waals surface area (Å²) in [5.74, 6) is 0.175. The van der Waals surface area contributed by atoms with Crippen LogP contribution in [0.2, 0.25) is 0 Å². The van der Waals surface area contributed by atoms with Gasteiger partial charge in [-0.3, -0.25) is 9.59 Å². The molecule has 26 heavy (non-hydrogen) atoms. The van der Waals surface area contributed by atoms with E-state index < -0.39 is 0 Å². The SMILES string of the molecule is CCCCOc1ccc(C(=O)NCC(=O)Nc2ccc(SC)cc2)cc1. The molecule has 0 saturated carbocycles. The number of carbonyl (C=O) groups is 2. The lowest BCUT2D eigenvalue weighted by molar-refractivity contribution is -0.115. The summed E-state index contributed by atoms with van der Waals surface area (Å²) < 4.78 is 5.56. The zero-order valence-corrected chi connectivity index (χ0v) is 15.9. The van der Waals surface area contributed by atoms with E-state index in [2.05, 4.69) is 17.6 Å². The Morgan fingerprint density at radius 3 is 2.35 bits per heavy atom. The van der Waals surface area contributed by atoms with Crippen LogP contribution in [0.3, 0.4) is 0 Å². The normalized spacial score (nSPS) is 10.2. The molecule has 0 heterocycles. The van der Waals surface area contributed by atoms with Gasteiger partial charge in [-0.25, -0.2) is 0 Å². The molecule has 0 saturated heterocycles. The molecule has 0 aliphatic heterocycles. The molecule has 0 atom stereocenters. The first-order chi connectivity index (χ1) is 12.6. The predicted octanol–water partition coefficient (Wildman–Crippen LogP) is 3.96. The molecule has 0 bridgehead atoms. The van der Waals surface area contributed by atoms with Gasteiger partial charge in [0.2, 0.25) is 5.91 Å². The first-order valence-electron chi connectivity index (χ1n) is 8.57. The van der Waals surface area contributed by atoms with Gasteiger partial charge in [0.25, 0.3) is 5.91 Å². The molecule has 2 aromatic rings. The first kappa shape index (κ1) is 19.8. The molecule has 0 aliphatic rings. The van der Waals surface area contributed by atoms with Crippen molar-refractivity contribution in [3.05, 3.63) is 54.1 Å². The second kappa shape index (κ2) is 10.5. The number of anilines is 1. The van der Waals surface area contributed by atoms with E-state index >= 15 is 0 Å². The van der Waals surface area contributed by atoms with Crippen molar-refractivity contribution in [2.45, 2.75) is 24.7 Å². The van der Waals surface area contributed by atoms with Crippen molar-refractivity contribution in [2.75, 3.05) is 24.7 Å². The highest BCUT2D eigenvalue weighted by molar-refractivity contribution is 7.98. The molecule has 0 unspecified atom stereocenters. The van der Waals surface area contributed by atoms with Gasteiger partial charge in [0, 0.05) is 16.1 Å². The molecule has 0 aliphatic carbocycles. The molecule has 0 fully saturated rings. The number of hydrogen-bond donors (Lipinski definition) is 2. The molecule has 2 rings (SSSR count). The van der Waals surface area contributed by atoms with Gasteiger partial charge >= 0.3 is 0 Å². The van der Waals surface area contributed by atoms with Crippen LogP contribution in [0, 0.1) is 0 Å². The van der Waals surface area contributed by atoms with E-state index in [0.29, 0.717) is 17.9 Å². The van der Waals surface area contributed by atoms with E-state index in [1.807, 2.05) is 30.5 Å². The van der Waals surface area contributed by atoms with Crippen LogP contribution in [0.15, 0.2) is 53.4 Å². The minimum absolute atomic E-state index is 0.0855. The third-order valence-electron chi connectivity index (χ3n) is 3.67. The summed E-state index contributed by atoms with van der Waals surface area (Å²) in [6.45, 7) is 2.68. The van der Waals surface area contributed by atoms with Crippen LogP contribution in [-0.2, 0) is 4.79 Å². The lowest BCUT2D eigenvalue weighted by Gasteiger charge is -2.09. The second-order valence-electron chi connectivity index (χ2n) is 5.69. The van der Waals surface area contributed by atoms with Gasteiger partial charge in [0.1, 0.15) is 5.75 Å². The second-order valence-corrected chi connectivity index (χ2v) is 6.57. The third kappa shape index (κ3) is 6.44. The van der Waals surface area contributed by atoms with Crippen molar-refractivity contribution in [2.24, 2.45) is 0 Å². The average Bonchev–Trinajstić information content (AvgIpc) is 2.67. The van der Waals surface area contributed by atoms with Crippen LogP contribution in [0.5, 0.6) is 5.75 Å². The van der Waals surface area contributed by atoms with Crippen molar-refractivity contribution in [3.8, 4) is 5.75 Å². The van der Waals surface area contributed by atoms with E-state index in [1.165, 1.54) is 0 Å². The fourth-order valence-electron chi connectivity index (χ4n) is 2.18. The lowest BCUT2D eigenvalue weighted by atomic mass is 10.2. The number of thioether (sulfide) groups is 1. The van der Waals surface area contributed by atoms with Gasteiger partial charge in [-0.1, -0.05) is 13.3 Å². The maximum Gasteiger partial charge on any atom is 0.251 e. The van der Waals surface area contributed by atoms with Gasteiger partial charge in [0.15, 0.2) is 0 Å². The minimum Gasteiger partial charge on any atom is -0.494 e. The molecule has 0 aromatic heterocycles. The predicted molar refractivity (Wildman–Crippen MR) is 106 cm³/mol. The summed E-state index contributed by atoms with van der Waals surface area (Å²) in [5, 5.41) is 5.37. The standard InChI is InChI=1S/C20H24N2O3S/c1-3-4-13-25-17-9-5-15(6-10-17)20(24)21-14-19(23)22-16-7-11-18(26-2)12-8-16/h5-12H,3-4,13-14H2,1-2H3,(H,21,24)(H,22,23). The fourth-order valence-corrected chi connectivity index (χ4v) is 2.59. The van der Waals surface area contributed by atoms with Crippen LogP contribution >= 0.6 is 11.8 Å². The molecule has 2 N–H and O–H groups in total. The highest BCUT2D eigenvalue weighted by Crippen LogP contribution is 2.17. The van der Waals surface area contributed by atoms with Crippen molar-refractivity contribution in [1.29, 1.82) is 0 Å². The summed E-state index contributed by atoms with van der Waals surface area (Å²) in [4.78, 5) is 25.2. The van der Waals surface area contributed by atoms with Gasteiger partial charge < -0.3 is 15.4 Å². The van der Waals surface area contributed by atoms with Crippen molar-refractivity contribution in [3.63, 3.8) is 0 Å². The molecule has 6 heteroatoms. The number of benzene rings is 2. The van der Waals surface area contributed by atoms with E-state index in [0.717, 1.165) is 23.5 Å². The zero-order valence-electron chi connectivity index (χ0n) is 15.1. The van der Waals surface area contributed by atoms with E-state index in [1.54, 1.807) is 36.0 Å². The highest BCUT2D eigenvalue weighted by Gasteiger charge is 2.08. The Kier molecular flexibility index (Phi) is 8.02. The van der Waals surface area contributed by atoms with Crippen molar-refractivity contribution >= 4 is 29.3 Å². The Balaban J connectivity index is 1.78. The van der Waals surface area contributed by atoms with Crippen molar-refractivity contribution in [1.82, 2.24) is 5.32 Å². The number of rotatable bonds is 9. The topological polar surface area (TPSA) is 67.4 Å². The molecule has 2 amide bonds. The zero-order chi connectivity index (χ0) is 18.8. The van der Waals surface area contributed by atoms with Gasteiger partial charge in [-0.05, 0) is 61.2 Å². The maximum absolute atomic E-state index is 12.1. The number of ether oxygens (including phenoxy) is 1. The summed E-state index contributed by atoms with van der Waals surface area (Å²) in [5.41, 5.74) is 1.19. The Morgan fingerprint density at radius 1 is 1.04 bits per heavy atom. The Labute approximate surface area is 158 Å². The van der Waals surface area contributed by atoms with Gasteiger partial charge in [0.05, 0.1) is 13.2 Å². The van der Waals surface area contributed by atoms with Crippen LogP contribution in [0.25, 0.3) is 0 Å². The number of hydrogen-bond acceptors (Lipinski definition) is 4. The molecule has 138 valence electrons. The summed E-state index contributed by atoms with van der Waals surface area (Å²) >= 11 is 1.64. The molecule has 2 aromatic carbocycles. The largest absolute Gasteiger partial charge is 0.494 e. The fraction of sp³-hybridized carbons (Fsp3) is 0.300. The van der Waals surface area contributed by atoms with Gasteiger partial charge in [-0.15, -0.1) is 11.8 Å². The first-order valence-corrected chi connectivity index (χ1v) is 9.80. The molecular formula is C20H24N2O3S. The summed E-state index contributed by atoms with van der Waals surface area (Å²) in [7, 11) is 0. The van der Waals surface area contributed by atoms with Crippen LogP contribution < -0.4 is 15.4 Å². The Bertz CT molecular complexity index is 715. The van der Waals surface area contributed by atoms with Crippen LogP contribution in [0.1, 0.15) is 30.1 Å². The number of carbonyl (C=O) groups excluding carboxylic acids is 2. The molecule has 0 spiro atoms. The quantitative estimate of drug-likeness (QED) is 0.516. The van der Waals surface area contributed by atoms with Crippen LogP contribution in [-0.4, -0.2) is 31.2 Å². The number of nitrogens with one attached hydrogen (secondary N) is 2. The number of unbranched alkanes of at least 4 members (excludes halogenated alkanes) is 1. The van der Waals surface area contributed by atoms with Crippen molar-refractivity contribution < 1.29 is 14.3 Å². The lowest BCUT2D eigenvalue weighted by Crippen LogP contribution is -2.32. The average molecular weight is 372 g/mol. The van der Waals surface area contributed by atoms with E-state index in [-0.39, 0.29) is 18.4 Å². The maximum atomic E-state index is 12.1. The summed E-state index contributed by atoms with van der Waals surface area (Å²) in [6.07, 6.45) is 4.06. The molecular weight excluding hydrogens is 348 g/mol. The number of amides is 2. The smallest absolute Gasteiger partial charge is 0.251 e.